The van der Waals surface area contributed by atoms with Crippen molar-refractivity contribution in [3.8, 4) is 11.3 Å². The Morgan fingerprint density at radius 3 is 2.96 bits per heavy atom. The van der Waals surface area contributed by atoms with Gasteiger partial charge >= 0.3 is 0 Å². The van der Waals surface area contributed by atoms with Crippen LogP contribution in [0, 0.1) is 6.92 Å². The largest absolute Gasteiger partial charge is 0.356 e. The smallest absolute Gasteiger partial charge is 0.241 e. The highest BCUT2D eigenvalue weighted by Gasteiger charge is 2.20. The number of aryl methyl sites for hydroxylation is 1. The van der Waals surface area contributed by atoms with Crippen LogP contribution in [0.5, 0.6) is 0 Å². The fourth-order valence-corrected chi connectivity index (χ4v) is 4.26. The molecule has 0 bridgehead atoms. The van der Waals surface area contributed by atoms with Gasteiger partial charge in [-0.05, 0) is 24.6 Å². The van der Waals surface area contributed by atoms with Crippen molar-refractivity contribution in [1.29, 1.82) is 0 Å². The molecular weight excluding hydrogens is 354 g/mol. The second kappa shape index (κ2) is 6.67. The average Bonchev–Trinajstić information content (AvgIpc) is 3.29. The number of aromatic nitrogens is 3. The molecule has 8 nitrogen and oxygen atoms in total. The minimum atomic E-state index is -3.68. The van der Waals surface area contributed by atoms with Gasteiger partial charge in [0.2, 0.25) is 10.0 Å². The topological polar surface area (TPSA) is 102 Å². The molecule has 0 amide bonds. The van der Waals surface area contributed by atoms with Gasteiger partial charge in [0.25, 0.3) is 0 Å². The van der Waals surface area contributed by atoms with E-state index in [0.717, 1.165) is 25.3 Å². The lowest BCUT2D eigenvalue weighted by molar-refractivity contribution is 0.432. The fraction of sp³-hybridized carbons (Fsp3) is 0.294. The van der Waals surface area contributed by atoms with Crippen LogP contribution >= 0.6 is 0 Å². The average molecular weight is 373 g/mol. The third-order valence-electron chi connectivity index (χ3n) is 4.36. The molecule has 3 aromatic rings. The molecule has 0 atom stereocenters. The summed E-state index contributed by atoms with van der Waals surface area (Å²) in [7, 11) is -3.68. The Balaban J connectivity index is 1.56. The number of rotatable bonds is 5. The van der Waals surface area contributed by atoms with Crippen molar-refractivity contribution in [3.63, 3.8) is 0 Å². The summed E-state index contributed by atoms with van der Waals surface area (Å²) in [5.74, 6) is 0.524. The Kier molecular flexibility index (Phi) is 4.35. The van der Waals surface area contributed by atoms with E-state index in [2.05, 4.69) is 20.3 Å². The third kappa shape index (κ3) is 3.28. The van der Waals surface area contributed by atoms with Crippen molar-refractivity contribution >= 4 is 10.0 Å². The lowest BCUT2D eigenvalue weighted by atomic mass is 10.1. The molecule has 9 heteroatoms. The molecule has 0 spiro atoms. The Morgan fingerprint density at radius 2 is 2.19 bits per heavy atom. The highest BCUT2D eigenvalue weighted by Crippen LogP contribution is 2.25. The van der Waals surface area contributed by atoms with Crippen LogP contribution in [0.25, 0.3) is 11.3 Å². The molecule has 1 aliphatic rings. The van der Waals surface area contributed by atoms with E-state index >= 15 is 0 Å². The molecule has 2 N–H and O–H groups in total. The van der Waals surface area contributed by atoms with Gasteiger partial charge in [-0.2, -0.15) is 5.10 Å². The minimum Gasteiger partial charge on any atom is -0.356 e. The summed E-state index contributed by atoms with van der Waals surface area (Å²) in [6.45, 7) is 4.32. The first-order valence-electron chi connectivity index (χ1n) is 8.31. The molecule has 2 aromatic heterocycles. The van der Waals surface area contributed by atoms with Gasteiger partial charge in [-0.1, -0.05) is 17.3 Å². The number of sulfonamides is 1. The van der Waals surface area contributed by atoms with E-state index in [1.165, 1.54) is 6.20 Å². The molecule has 0 fully saturated rings. The van der Waals surface area contributed by atoms with Crippen molar-refractivity contribution in [2.45, 2.75) is 31.5 Å². The van der Waals surface area contributed by atoms with Gasteiger partial charge in [0, 0.05) is 24.7 Å². The van der Waals surface area contributed by atoms with E-state index < -0.39 is 10.0 Å². The van der Waals surface area contributed by atoms with Crippen LogP contribution in [0.3, 0.4) is 0 Å². The Bertz CT molecular complexity index is 1000. The Labute approximate surface area is 151 Å². The van der Waals surface area contributed by atoms with Gasteiger partial charge in [0.05, 0.1) is 35.6 Å². The Hall–Kier alpha value is -2.49. The first-order chi connectivity index (χ1) is 12.5. The summed E-state index contributed by atoms with van der Waals surface area (Å²) in [4.78, 5) is 0.219. The number of hydrogen-bond donors (Lipinski definition) is 2. The maximum Gasteiger partial charge on any atom is 0.241 e. The van der Waals surface area contributed by atoms with Gasteiger partial charge in [0.15, 0.2) is 5.76 Å². The maximum atomic E-state index is 12.8. The van der Waals surface area contributed by atoms with E-state index in [0.29, 0.717) is 22.6 Å². The van der Waals surface area contributed by atoms with Crippen LogP contribution in [0.15, 0.2) is 45.9 Å². The normalized spacial score (nSPS) is 14.3. The van der Waals surface area contributed by atoms with Crippen molar-refractivity contribution in [2.75, 3.05) is 6.54 Å². The van der Waals surface area contributed by atoms with Gasteiger partial charge in [-0.25, -0.2) is 13.1 Å². The second-order valence-electron chi connectivity index (χ2n) is 6.21. The monoisotopic (exact) mass is 373 g/mol. The summed E-state index contributed by atoms with van der Waals surface area (Å²) >= 11 is 0. The molecule has 1 aliphatic heterocycles. The predicted octanol–water partition coefficient (Wildman–Crippen LogP) is 1.43. The van der Waals surface area contributed by atoms with E-state index in [1.54, 1.807) is 25.1 Å². The number of nitrogens with zero attached hydrogens (tertiary/aromatic N) is 3. The zero-order valence-electron chi connectivity index (χ0n) is 14.3. The van der Waals surface area contributed by atoms with Gasteiger partial charge in [-0.3, -0.25) is 4.68 Å². The molecule has 136 valence electrons. The highest BCUT2D eigenvalue weighted by molar-refractivity contribution is 7.89. The van der Waals surface area contributed by atoms with E-state index in [9.17, 15) is 8.42 Å². The number of fused-ring (bicyclic) bond motifs is 1. The van der Waals surface area contributed by atoms with E-state index in [4.69, 9.17) is 4.52 Å². The minimum absolute atomic E-state index is 0.147. The van der Waals surface area contributed by atoms with Crippen molar-refractivity contribution in [3.05, 3.63) is 53.5 Å². The molecule has 0 aliphatic carbocycles. The van der Waals surface area contributed by atoms with Crippen molar-refractivity contribution in [1.82, 2.24) is 25.0 Å². The summed E-state index contributed by atoms with van der Waals surface area (Å²) < 4.78 is 35.2. The van der Waals surface area contributed by atoms with Crippen LogP contribution in [0.1, 0.15) is 17.0 Å². The summed E-state index contributed by atoms with van der Waals surface area (Å²) in [6, 6.07) is 8.78. The Morgan fingerprint density at radius 1 is 1.31 bits per heavy atom. The highest BCUT2D eigenvalue weighted by atomic mass is 32.2. The zero-order valence-corrected chi connectivity index (χ0v) is 15.1. The second-order valence-corrected chi connectivity index (χ2v) is 7.94. The van der Waals surface area contributed by atoms with Crippen LogP contribution in [-0.4, -0.2) is 29.9 Å². The molecule has 26 heavy (non-hydrogen) atoms. The molecule has 3 heterocycles. The molecule has 4 rings (SSSR count). The van der Waals surface area contributed by atoms with E-state index in [1.807, 2.05) is 16.8 Å². The molecule has 0 radical (unpaired) electrons. The lowest BCUT2D eigenvalue weighted by Crippen LogP contribution is -2.28. The fourth-order valence-electron chi connectivity index (χ4n) is 2.99. The van der Waals surface area contributed by atoms with Gasteiger partial charge < -0.3 is 9.84 Å². The van der Waals surface area contributed by atoms with Crippen molar-refractivity contribution in [2.24, 2.45) is 0 Å². The van der Waals surface area contributed by atoms with Crippen molar-refractivity contribution < 1.29 is 12.9 Å². The quantitative estimate of drug-likeness (QED) is 0.701. The maximum absolute atomic E-state index is 12.8. The number of benzene rings is 1. The number of hydrogen-bond acceptors (Lipinski definition) is 6. The molecule has 0 saturated carbocycles. The van der Waals surface area contributed by atoms with Crippen LogP contribution in [0.4, 0.5) is 0 Å². The molecular formula is C17H19N5O3S. The lowest BCUT2D eigenvalue weighted by Gasteiger charge is -2.13. The standard InChI is InChI=1S/C17H19N5O3S/c1-12-2-3-13(16-4-5-19-25-16)8-17(12)26(23,24)20-10-14-9-15-11-18-6-7-22(15)21-14/h2-5,8-9,18,20H,6-7,10-11H2,1H3. The first-order valence-corrected chi connectivity index (χ1v) is 9.79. The van der Waals surface area contributed by atoms with Crippen LogP contribution in [0.2, 0.25) is 0 Å². The summed E-state index contributed by atoms with van der Waals surface area (Å²) in [6.07, 6.45) is 1.52. The van der Waals surface area contributed by atoms with Gasteiger partial charge in [-0.15, -0.1) is 0 Å². The zero-order chi connectivity index (χ0) is 18.1. The molecule has 0 saturated heterocycles. The van der Waals surface area contributed by atoms with Crippen LogP contribution < -0.4 is 10.0 Å². The predicted molar refractivity (Wildman–Crippen MR) is 94.6 cm³/mol. The first kappa shape index (κ1) is 17.0. The van der Waals surface area contributed by atoms with E-state index in [-0.39, 0.29) is 11.4 Å². The van der Waals surface area contributed by atoms with Crippen LogP contribution in [-0.2, 0) is 29.7 Å². The molecule has 0 unspecified atom stereocenters. The van der Waals surface area contributed by atoms with Gasteiger partial charge in [0.1, 0.15) is 0 Å². The summed E-state index contributed by atoms with van der Waals surface area (Å²) in [5, 5.41) is 11.4. The third-order valence-corrected chi connectivity index (χ3v) is 5.91. The summed E-state index contributed by atoms with van der Waals surface area (Å²) in [5.41, 5.74) is 3.09. The number of nitrogens with one attached hydrogen (secondary N) is 2. The SMILES string of the molecule is Cc1ccc(-c2ccno2)cc1S(=O)(=O)NCc1cc2n(n1)CCNC2. The molecule has 1 aromatic carbocycles.